The predicted molar refractivity (Wildman–Crippen MR) is 77.5 cm³/mol. The second kappa shape index (κ2) is 4.71. The van der Waals surface area contributed by atoms with Gasteiger partial charge in [0.25, 0.3) is 0 Å². The van der Waals surface area contributed by atoms with Gasteiger partial charge in [0, 0.05) is 11.0 Å². The minimum absolute atomic E-state index is 0. The van der Waals surface area contributed by atoms with E-state index in [1.807, 2.05) is 0 Å². The number of ether oxygens (including phenoxy) is 1. The lowest BCUT2D eigenvalue weighted by Gasteiger charge is -2.36. The van der Waals surface area contributed by atoms with E-state index in [0.717, 1.165) is 11.3 Å². The highest BCUT2D eigenvalue weighted by Gasteiger charge is 2.47. The first-order valence-corrected chi connectivity index (χ1v) is 6.18. The normalized spacial score (nSPS) is 20.2. The lowest BCUT2D eigenvalue weighted by molar-refractivity contribution is 0.0562. The molecule has 1 unspecified atom stereocenters. The summed E-state index contributed by atoms with van der Waals surface area (Å²) >= 11 is 0. The molecule has 1 aromatic carbocycles. The minimum Gasteiger partial charge on any atom is -0.489 e. The van der Waals surface area contributed by atoms with Gasteiger partial charge in [0.1, 0.15) is 11.9 Å². The molecule has 0 saturated heterocycles. The Morgan fingerprint density at radius 1 is 1.32 bits per heavy atom. The second-order valence-electron chi connectivity index (χ2n) is 6.60. The highest BCUT2D eigenvalue weighted by molar-refractivity contribution is 5.88. The number of aromatic carboxylic acids is 1. The van der Waals surface area contributed by atoms with Crippen molar-refractivity contribution in [2.24, 2.45) is 5.41 Å². The molecule has 0 saturated carbocycles. The summed E-state index contributed by atoms with van der Waals surface area (Å²) in [5.41, 5.74) is 1.13. The van der Waals surface area contributed by atoms with Crippen LogP contribution in [-0.4, -0.2) is 17.2 Å². The average molecular weight is 285 g/mol. The first-order chi connectivity index (χ1) is 8.14. The van der Waals surface area contributed by atoms with E-state index in [1.165, 1.54) is 0 Å². The number of fused-ring (bicyclic) bond motifs is 1. The molecule has 19 heavy (non-hydrogen) atoms. The van der Waals surface area contributed by atoms with Crippen LogP contribution in [0.25, 0.3) is 0 Å². The third kappa shape index (κ3) is 2.57. The molecule has 1 heterocycles. The molecule has 0 aliphatic carbocycles. The highest BCUT2D eigenvalue weighted by atomic mass is 35.5. The first-order valence-electron chi connectivity index (χ1n) is 6.18. The smallest absolute Gasteiger partial charge is 0.335 e. The van der Waals surface area contributed by atoms with Crippen LogP contribution in [0.5, 0.6) is 5.75 Å². The summed E-state index contributed by atoms with van der Waals surface area (Å²) in [6.45, 7) is 10.6. The summed E-state index contributed by atoms with van der Waals surface area (Å²) in [5.74, 6) is -0.0854. The van der Waals surface area contributed by atoms with Gasteiger partial charge >= 0.3 is 5.97 Å². The van der Waals surface area contributed by atoms with Gasteiger partial charge in [-0.15, -0.1) is 12.4 Å². The topological polar surface area (TPSA) is 46.5 Å². The van der Waals surface area contributed by atoms with Crippen molar-refractivity contribution in [3.05, 3.63) is 29.3 Å². The Hall–Kier alpha value is -1.22. The summed E-state index contributed by atoms with van der Waals surface area (Å²) in [6.07, 6.45) is 0.0454. The monoisotopic (exact) mass is 284 g/mol. The zero-order valence-corrected chi connectivity index (χ0v) is 12.8. The van der Waals surface area contributed by atoms with Gasteiger partial charge in [-0.25, -0.2) is 4.79 Å². The standard InChI is InChI=1S/C15H20O3.ClH/c1-14(2,3)13-15(4,5)10-8-9(12(16)17)6-7-11(10)18-13;/h6-8,13H,1-5H3,(H,16,17);1H. The molecule has 1 N–H and O–H groups in total. The van der Waals surface area contributed by atoms with Crippen molar-refractivity contribution >= 4 is 18.4 Å². The largest absolute Gasteiger partial charge is 0.489 e. The summed E-state index contributed by atoms with van der Waals surface area (Å²) in [4.78, 5) is 11.0. The molecule has 4 heteroatoms. The van der Waals surface area contributed by atoms with Gasteiger partial charge in [0.2, 0.25) is 0 Å². The van der Waals surface area contributed by atoms with E-state index in [1.54, 1.807) is 18.2 Å². The van der Waals surface area contributed by atoms with Crippen LogP contribution < -0.4 is 4.74 Å². The van der Waals surface area contributed by atoms with Crippen LogP contribution >= 0.6 is 12.4 Å². The van der Waals surface area contributed by atoms with E-state index in [4.69, 9.17) is 9.84 Å². The number of hydrogen-bond acceptors (Lipinski definition) is 2. The van der Waals surface area contributed by atoms with Gasteiger partial charge < -0.3 is 9.84 Å². The molecule has 0 amide bonds. The van der Waals surface area contributed by atoms with Gasteiger partial charge in [0.15, 0.2) is 0 Å². The van der Waals surface area contributed by atoms with Gasteiger partial charge in [-0.05, 0) is 23.6 Å². The molecular weight excluding hydrogens is 264 g/mol. The van der Waals surface area contributed by atoms with Crippen LogP contribution in [0.4, 0.5) is 0 Å². The zero-order chi connectivity index (χ0) is 13.7. The van der Waals surface area contributed by atoms with Gasteiger partial charge in [-0.3, -0.25) is 0 Å². The molecule has 106 valence electrons. The van der Waals surface area contributed by atoms with Crippen molar-refractivity contribution < 1.29 is 14.6 Å². The Morgan fingerprint density at radius 2 is 1.89 bits per heavy atom. The van der Waals surface area contributed by atoms with Crippen molar-refractivity contribution in [3.8, 4) is 5.75 Å². The number of carboxylic acids is 1. The number of hydrogen-bond donors (Lipinski definition) is 1. The van der Waals surface area contributed by atoms with Crippen LogP contribution in [0.15, 0.2) is 18.2 Å². The van der Waals surface area contributed by atoms with E-state index in [-0.39, 0.29) is 29.3 Å². The van der Waals surface area contributed by atoms with Crippen molar-refractivity contribution in [2.75, 3.05) is 0 Å². The minimum atomic E-state index is -0.896. The second-order valence-corrected chi connectivity index (χ2v) is 6.60. The van der Waals surface area contributed by atoms with E-state index < -0.39 is 5.97 Å². The van der Waals surface area contributed by atoms with Gasteiger partial charge in [-0.1, -0.05) is 34.6 Å². The van der Waals surface area contributed by atoms with Crippen LogP contribution in [0.3, 0.4) is 0 Å². The van der Waals surface area contributed by atoms with Crippen LogP contribution in [0.2, 0.25) is 0 Å². The molecule has 0 bridgehead atoms. The molecule has 1 atom stereocenters. The van der Waals surface area contributed by atoms with Crippen LogP contribution in [0, 0.1) is 5.41 Å². The fourth-order valence-corrected chi connectivity index (χ4v) is 2.94. The molecule has 2 rings (SSSR count). The van der Waals surface area contributed by atoms with E-state index >= 15 is 0 Å². The molecule has 1 aliphatic heterocycles. The Balaban J connectivity index is 0.00000180. The summed E-state index contributed by atoms with van der Waals surface area (Å²) < 4.78 is 6.03. The fourth-order valence-electron chi connectivity index (χ4n) is 2.94. The van der Waals surface area contributed by atoms with Crippen LogP contribution in [0.1, 0.15) is 50.5 Å². The molecule has 1 aliphatic rings. The Kier molecular flexibility index (Phi) is 3.93. The lowest BCUT2D eigenvalue weighted by atomic mass is 9.71. The Labute approximate surface area is 120 Å². The zero-order valence-electron chi connectivity index (χ0n) is 12.0. The molecule has 0 spiro atoms. The maximum absolute atomic E-state index is 11.0. The third-order valence-electron chi connectivity index (χ3n) is 3.61. The number of benzene rings is 1. The average Bonchev–Trinajstić information content (AvgIpc) is 2.50. The summed E-state index contributed by atoms with van der Waals surface area (Å²) in [7, 11) is 0. The van der Waals surface area contributed by atoms with Crippen molar-refractivity contribution in [3.63, 3.8) is 0 Å². The van der Waals surface area contributed by atoms with Crippen molar-refractivity contribution in [2.45, 2.75) is 46.1 Å². The maximum atomic E-state index is 11.0. The summed E-state index contributed by atoms with van der Waals surface area (Å²) in [6, 6.07) is 5.11. The Bertz CT molecular complexity index is 501. The van der Waals surface area contributed by atoms with Crippen molar-refractivity contribution in [1.29, 1.82) is 0 Å². The maximum Gasteiger partial charge on any atom is 0.335 e. The number of carbonyl (C=O) groups is 1. The molecule has 0 aromatic heterocycles. The van der Waals surface area contributed by atoms with Crippen molar-refractivity contribution in [1.82, 2.24) is 0 Å². The van der Waals surface area contributed by atoms with E-state index in [9.17, 15) is 4.79 Å². The quantitative estimate of drug-likeness (QED) is 0.851. The molecular formula is C15H21ClO3. The number of carboxylic acid groups (broad SMARTS) is 1. The van der Waals surface area contributed by atoms with Crippen LogP contribution in [-0.2, 0) is 5.41 Å². The molecule has 0 fully saturated rings. The van der Waals surface area contributed by atoms with E-state index in [0.29, 0.717) is 5.56 Å². The Morgan fingerprint density at radius 3 is 2.37 bits per heavy atom. The summed E-state index contributed by atoms with van der Waals surface area (Å²) in [5, 5.41) is 9.07. The van der Waals surface area contributed by atoms with E-state index in [2.05, 4.69) is 34.6 Å². The number of halogens is 1. The van der Waals surface area contributed by atoms with Gasteiger partial charge in [0.05, 0.1) is 5.56 Å². The molecule has 3 nitrogen and oxygen atoms in total. The molecule has 1 aromatic rings. The molecule has 0 radical (unpaired) electrons. The SMILES string of the molecule is CC(C)(C)C1Oc2ccc(C(=O)O)cc2C1(C)C.Cl. The predicted octanol–water partition coefficient (Wildman–Crippen LogP) is 3.89. The first kappa shape index (κ1) is 15.8. The fraction of sp³-hybridized carbons (Fsp3) is 0.533. The number of rotatable bonds is 1. The van der Waals surface area contributed by atoms with Gasteiger partial charge in [-0.2, -0.15) is 0 Å². The third-order valence-corrected chi connectivity index (χ3v) is 3.61. The highest BCUT2D eigenvalue weighted by Crippen LogP contribution is 2.48. The lowest BCUT2D eigenvalue weighted by Crippen LogP contribution is -2.42.